The third kappa shape index (κ3) is 2.54. The molecule has 0 aliphatic heterocycles. The maximum Gasteiger partial charge on any atom is 0.343 e. The molecule has 0 N–H and O–H groups in total. The third-order valence-electron chi connectivity index (χ3n) is 3.17. The second-order valence-corrected chi connectivity index (χ2v) is 4.77. The number of rotatable bonds is 2. The van der Waals surface area contributed by atoms with Crippen LogP contribution in [-0.4, -0.2) is 0 Å². The number of fused-ring (bicyclic) bond motifs is 1. The Hall–Kier alpha value is -2.61. The van der Waals surface area contributed by atoms with Gasteiger partial charge in [-0.1, -0.05) is 48.0 Å². The minimum Gasteiger partial charge on any atom is -0.422 e. The Labute approximate surface area is 117 Å². The Morgan fingerprint density at radius 2 is 1.75 bits per heavy atom. The molecule has 3 rings (SSSR count). The molecule has 2 nitrogen and oxygen atoms in total. The van der Waals surface area contributed by atoms with Gasteiger partial charge in [0.05, 0.1) is 5.56 Å². The van der Waals surface area contributed by atoms with E-state index in [2.05, 4.69) is 0 Å². The highest BCUT2D eigenvalue weighted by Gasteiger charge is 2.02. The lowest BCUT2D eigenvalue weighted by Gasteiger charge is -2.00. The Morgan fingerprint density at radius 3 is 2.55 bits per heavy atom. The van der Waals surface area contributed by atoms with E-state index in [4.69, 9.17) is 4.42 Å². The van der Waals surface area contributed by atoms with Gasteiger partial charge in [0.25, 0.3) is 0 Å². The van der Waals surface area contributed by atoms with Crippen molar-refractivity contribution in [3.8, 4) is 0 Å². The highest BCUT2D eigenvalue weighted by Crippen LogP contribution is 2.16. The van der Waals surface area contributed by atoms with Crippen molar-refractivity contribution >= 4 is 23.1 Å². The van der Waals surface area contributed by atoms with Crippen LogP contribution in [0.1, 0.15) is 16.7 Å². The van der Waals surface area contributed by atoms with Gasteiger partial charge in [-0.2, -0.15) is 0 Å². The SMILES string of the molecule is Cc1ccc2oc(=O)c(/C=C/c3ccccc3)cc2c1. The number of aryl methyl sites for hydroxylation is 1. The average molecular weight is 262 g/mol. The lowest BCUT2D eigenvalue weighted by Crippen LogP contribution is -2.02. The van der Waals surface area contributed by atoms with Crippen LogP contribution in [-0.2, 0) is 0 Å². The van der Waals surface area contributed by atoms with Gasteiger partial charge in [0.1, 0.15) is 5.58 Å². The molecule has 0 atom stereocenters. The first-order valence-electron chi connectivity index (χ1n) is 6.50. The summed E-state index contributed by atoms with van der Waals surface area (Å²) >= 11 is 0. The van der Waals surface area contributed by atoms with E-state index in [1.54, 1.807) is 6.08 Å². The van der Waals surface area contributed by atoms with Crippen LogP contribution in [0.4, 0.5) is 0 Å². The van der Waals surface area contributed by atoms with Crippen molar-refractivity contribution < 1.29 is 4.42 Å². The summed E-state index contributed by atoms with van der Waals surface area (Å²) in [6.07, 6.45) is 3.71. The summed E-state index contributed by atoms with van der Waals surface area (Å²) in [5.74, 6) is 0. The van der Waals surface area contributed by atoms with E-state index in [0.717, 1.165) is 16.5 Å². The number of hydrogen-bond acceptors (Lipinski definition) is 2. The molecule has 0 spiro atoms. The Balaban J connectivity index is 2.05. The largest absolute Gasteiger partial charge is 0.422 e. The highest BCUT2D eigenvalue weighted by atomic mass is 16.4. The maximum atomic E-state index is 11.9. The van der Waals surface area contributed by atoms with Crippen LogP contribution in [0.15, 0.2) is 63.8 Å². The van der Waals surface area contributed by atoms with Crippen molar-refractivity contribution in [1.82, 2.24) is 0 Å². The molecule has 0 aliphatic rings. The normalized spacial score (nSPS) is 11.2. The standard InChI is InChI=1S/C18H14O2/c1-13-7-10-17-16(11-13)12-15(18(19)20-17)9-8-14-5-3-2-4-6-14/h2-12H,1H3/b9-8+. The van der Waals surface area contributed by atoms with Gasteiger partial charge in [0, 0.05) is 5.39 Å². The van der Waals surface area contributed by atoms with Gasteiger partial charge in [-0.15, -0.1) is 0 Å². The molecule has 0 amide bonds. The smallest absolute Gasteiger partial charge is 0.343 e. The van der Waals surface area contributed by atoms with Gasteiger partial charge >= 0.3 is 5.63 Å². The minimum absolute atomic E-state index is 0.312. The zero-order chi connectivity index (χ0) is 13.9. The fourth-order valence-corrected chi connectivity index (χ4v) is 2.13. The molecule has 0 saturated heterocycles. The van der Waals surface area contributed by atoms with Crippen molar-refractivity contribution in [2.24, 2.45) is 0 Å². The summed E-state index contributed by atoms with van der Waals surface area (Å²) in [6, 6.07) is 17.5. The first-order valence-corrected chi connectivity index (χ1v) is 6.50. The van der Waals surface area contributed by atoms with E-state index >= 15 is 0 Å². The maximum absolute atomic E-state index is 11.9. The molecule has 0 bridgehead atoms. The molecule has 1 heterocycles. The lowest BCUT2D eigenvalue weighted by molar-refractivity contribution is 0.559. The van der Waals surface area contributed by atoms with Crippen molar-refractivity contribution in [2.75, 3.05) is 0 Å². The second kappa shape index (κ2) is 5.17. The molecule has 0 saturated carbocycles. The lowest BCUT2D eigenvalue weighted by atomic mass is 10.1. The fourth-order valence-electron chi connectivity index (χ4n) is 2.13. The minimum atomic E-state index is -0.312. The molecule has 0 radical (unpaired) electrons. The predicted molar refractivity (Wildman–Crippen MR) is 82.6 cm³/mol. The van der Waals surface area contributed by atoms with Crippen LogP contribution in [0, 0.1) is 6.92 Å². The Morgan fingerprint density at radius 1 is 0.950 bits per heavy atom. The average Bonchev–Trinajstić information content (AvgIpc) is 2.46. The third-order valence-corrected chi connectivity index (χ3v) is 3.17. The molecule has 3 aromatic rings. The van der Waals surface area contributed by atoms with Crippen molar-refractivity contribution in [3.63, 3.8) is 0 Å². The number of hydrogen-bond donors (Lipinski definition) is 0. The van der Waals surface area contributed by atoms with Crippen molar-refractivity contribution in [1.29, 1.82) is 0 Å². The van der Waals surface area contributed by atoms with Crippen LogP contribution in [0.3, 0.4) is 0 Å². The molecule has 2 heteroatoms. The van der Waals surface area contributed by atoms with Gasteiger partial charge in [-0.05, 0) is 36.8 Å². The molecular weight excluding hydrogens is 248 g/mol. The first-order chi connectivity index (χ1) is 9.72. The molecular formula is C18H14O2. The van der Waals surface area contributed by atoms with Crippen LogP contribution in [0.2, 0.25) is 0 Å². The quantitative estimate of drug-likeness (QED) is 0.645. The Bertz CT molecular complexity index is 827. The van der Waals surface area contributed by atoms with E-state index in [-0.39, 0.29) is 5.63 Å². The van der Waals surface area contributed by atoms with Crippen LogP contribution >= 0.6 is 0 Å². The van der Waals surface area contributed by atoms with Crippen LogP contribution in [0.25, 0.3) is 23.1 Å². The summed E-state index contributed by atoms with van der Waals surface area (Å²) in [5, 5.41) is 0.942. The fraction of sp³-hybridized carbons (Fsp3) is 0.0556. The van der Waals surface area contributed by atoms with E-state index in [9.17, 15) is 4.79 Å². The summed E-state index contributed by atoms with van der Waals surface area (Å²) in [5.41, 5.74) is 3.07. The second-order valence-electron chi connectivity index (χ2n) is 4.77. The Kier molecular flexibility index (Phi) is 3.21. The van der Waals surface area contributed by atoms with Crippen LogP contribution in [0.5, 0.6) is 0 Å². The van der Waals surface area contributed by atoms with E-state index < -0.39 is 0 Å². The molecule has 98 valence electrons. The summed E-state index contributed by atoms with van der Waals surface area (Å²) in [6.45, 7) is 2.02. The molecule has 1 aromatic heterocycles. The predicted octanol–water partition coefficient (Wildman–Crippen LogP) is 4.27. The van der Waals surface area contributed by atoms with Crippen LogP contribution < -0.4 is 5.63 Å². The molecule has 0 fully saturated rings. The first kappa shape index (κ1) is 12.4. The highest BCUT2D eigenvalue weighted by molar-refractivity contribution is 5.81. The number of benzene rings is 2. The van der Waals surface area contributed by atoms with E-state index in [1.165, 1.54) is 0 Å². The molecule has 2 aromatic carbocycles. The molecule has 0 unspecified atom stereocenters. The monoisotopic (exact) mass is 262 g/mol. The van der Waals surface area contributed by atoms with Gasteiger partial charge in [0.15, 0.2) is 0 Å². The van der Waals surface area contributed by atoms with Crippen molar-refractivity contribution in [3.05, 3.63) is 81.7 Å². The van der Waals surface area contributed by atoms with E-state index in [0.29, 0.717) is 11.1 Å². The van der Waals surface area contributed by atoms with Gasteiger partial charge in [-0.3, -0.25) is 0 Å². The zero-order valence-electron chi connectivity index (χ0n) is 11.2. The zero-order valence-corrected chi connectivity index (χ0v) is 11.2. The molecule has 20 heavy (non-hydrogen) atoms. The topological polar surface area (TPSA) is 30.2 Å². The van der Waals surface area contributed by atoms with Crippen molar-refractivity contribution in [2.45, 2.75) is 6.92 Å². The summed E-state index contributed by atoms with van der Waals surface area (Å²) < 4.78 is 5.33. The van der Waals surface area contributed by atoms with E-state index in [1.807, 2.05) is 67.6 Å². The van der Waals surface area contributed by atoms with Gasteiger partial charge < -0.3 is 4.42 Å². The van der Waals surface area contributed by atoms with Gasteiger partial charge in [-0.25, -0.2) is 4.79 Å². The summed E-state index contributed by atoms with van der Waals surface area (Å²) in [4.78, 5) is 11.9. The van der Waals surface area contributed by atoms with Gasteiger partial charge in [0.2, 0.25) is 0 Å². The molecule has 0 aliphatic carbocycles. The summed E-state index contributed by atoms with van der Waals surface area (Å²) in [7, 11) is 0.